The number of ether oxygens (including phenoxy) is 1. The van der Waals surface area contributed by atoms with Crippen LogP contribution in [0.25, 0.3) is 11.1 Å². The lowest BCUT2D eigenvalue weighted by atomic mass is 9.94. The summed E-state index contributed by atoms with van der Waals surface area (Å²) in [6, 6.07) is 0.834. The van der Waals surface area contributed by atoms with E-state index in [0.29, 0.717) is 0 Å². The molecule has 2 aromatic rings. The lowest BCUT2D eigenvalue weighted by Crippen LogP contribution is -2.24. The molecule has 0 aliphatic carbocycles. The van der Waals surface area contributed by atoms with Gasteiger partial charge in [0.2, 0.25) is 0 Å². The fourth-order valence-corrected chi connectivity index (χ4v) is 3.07. The SMILES string of the molecule is COc1cc([N+](=O)[O-])c(Br)c(-c2c(C(=O)O)c(N)[nH]c(=O)c2C(=O)O)c1O. The molecule has 6 N–H and O–H groups in total. The van der Waals surface area contributed by atoms with Gasteiger partial charge in [0.15, 0.2) is 11.5 Å². The van der Waals surface area contributed by atoms with E-state index in [2.05, 4.69) is 15.9 Å². The number of nitro benzene ring substituents is 1. The van der Waals surface area contributed by atoms with Crippen molar-refractivity contribution < 1.29 is 34.6 Å². The van der Waals surface area contributed by atoms with Crippen LogP contribution in [0.3, 0.4) is 0 Å². The van der Waals surface area contributed by atoms with E-state index in [1.807, 2.05) is 4.98 Å². The van der Waals surface area contributed by atoms with E-state index in [-0.39, 0.29) is 0 Å². The van der Waals surface area contributed by atoms with Gasteiger partial charge >= 0.3 is 11.9 Å². The van der Waals surface area contributed by atoms with Gasteiger partial charge in [0.1, 0.15) is 21.4 Å². The monoisotopic (exact) mass is 443 g/mol. The Morgan fingerprint density at radius 2 is 1.81 bits per heavy atom. The minimum absolute atomic E-state index is 0.452. The van der Waals surface area contributed by atoms with Crippen molar-refractivity contribution in [1.82, 2.24) is 4.98 Å². The van der Waals surface area contributed by atoms with Crippen molar-refractivity contribution in [1.29, 1.82) is 0 Å². The Balaban J connectivity index is 3.22. The first-order valence-electron chi connectivity index (χ1n) is 6.79. The second kappa shape index (κ2) is 6.95. The predicted octanol–water partition coefficient (Wildman–Crippen LogP) is 1.41. The molecule has 2 rings (SSSR count). The van der Waals surface area contributed by atoms with Crippen LogP contribution in [0.4, 0.5) is 11.5 Å². The largest absolute Gasteiger partial charge is 0.504 e. The van der Waals surface area contributed by atoms with E-state index >= 15 is 0 Å². The predicted molar refractivity (Wildman–Crippen MR) is 93.4 cm³/mol. The number of aromatic carboxylic acids is 2. The zero-order valence-electron chi connectivity index (χ0n) is 13.3. The molecule has 27 heavy (non-hydrogen) atoms. The number of H-pyrrole nitrogens is 1. The normalized spacial score (nSPS) is 10.4. The molecule has 0 saturated carbocycles. The van der Waals surface area contributed by atoms with Crippen LogP contribution in [0, 0.1) is 10.1 Å². The van der Waals surface area contributed by atoms with E-state index < -0.39 is 72.2 Å². The third-order valence-corrected chi connectivity index (χ3v) is 4.32. The third-order valence-electron chi connectivity index (χ3n) is 3.52. The van der Waals surface area contributed by atoms with Gasteiger partial charge in [-0.2, -0.15) is 0 Å². The topological polar surface area (TPSA) is 206 Å². The maximum Gasteiger partial charge on any atom is 0.342 e. The summed E-state index contributed by atoms with van der Waals surface area (Å²) in [4.78, 5) is 47.6. The molecule has 13 heteroatoms. The Labute approximate surface area is 157 Å². The molecule has 0 fully saturated rings. The number of rotatable bonds is 5. The summed E-state index contributed by atoms with van der Waals surface area (Å²) in [6.45, 7) is 0. The van der Waals surface area contributed by atoms with Crippen LogP contribution in [0.5, 0.6) is 11.5 Å². The molecule has 1 heterocycles. The Morgan fingerprint density at radius 3 is 2.26 bits per heavy atom. The standard InChI is InChI=1S/C14H10BrN3O9/c1-27-4-2-3(18(25)26)9(15)6(10(4)19)5-7(13(21)22)11(16)17-12(20)8(5)14(23)24/h2,19H,1H3,(H,21,22)(H,23,24)(H3,16,17,20). The van der Waals surface area contributed by atoms with Gasteiger partial charge in [0.05, 0.1) is 23.7 Å². The van der Waals surface area contributed by atoms with Crippen LogP contribution in [-0.2, 0) is 0 Å². The first kappa shape index (κ1) is 19.7. The molecule has 1 aromatic carbocycles. The number of methoxy groups -OCH3 is 1. The number of carbonyl (C=O) groups is 2. The Kier molecular flexibility index (Phi) is 5.07. The number of nitrogens with zero attached hydrogens (tertiary/aromatic N) is 1. The molecule has 142 valence electrons. The number of phenols is 1. The number of aromatic amines is 1. The van der Waals surface area contributed by atoms with Crippen molar-refractivity contribution in [2.75, 3.05) is 12.8 Å². The fourth-order valence-electron chi connectivity index (χ4n) is 2.42. The number of aromatic hydroxyl groups is 1. The number of carboxylic acid groups (broad SMARTS) is 2. The molecule has 0 radical (unpaired) electrons. The number of pyridine rings is 1. The summed E-state index contributed by atoms with van der Waals surface area (Å²) in [7, 11) is 1.07. The summed E-state index contributed by atoms with van der Waals surface area (Å²) in [5.74, 6) is -5.57. The second-order valence-electron chi connectivity index (χ2n) is 5.00. The number of anilines is 1. The molecule has 0 aliphatic heterocycles. The van der Waals surface area contributed by atoms with Crippen molar-refractivity contribution >= 4 is 39.4 Å². The first-order valence-corrected chi connectivity index (χ1v) is 7.58. The Morgan fingerprint density at radius 1 is 1.26 bits per heavy atom. The van der Waals surface area contributed by atoms with Gasteiger partial charge in [-0.1, -0.05) is 0 Å². The molecular weight excluding hydrogens is 434 g/mol. The minimum Gasteiger partial charge on any atom is -0.504 e. The second-order valence-corrected chi connectivity index (χ2v) is 5.79. The number of phenolic OH excluding ortho intramolecular Hbond substituents is 1. The lowest BCUT2D eigenvalue weighted by Gasteiger charge is -2.16. The number of nitrogens with one attached hydrogen (secondary N) is 1. The molecule has 0 atom stereocenters. The van der Waals surface area contributed by atoms with Gasteiger partial charge in [-0.05, 0) is 15.9 Å². The van der Waals surface area contributed by atoms with E-state index in [4.69, 9.17) is 10.5 Å². The van der Waals surface area contributed by atoms with E-state index in [9.17, 15) is 39.8 Å². The van der Waals surface area contributed by atoms with Crippen molar-refractivity contribution in [3.05, 3.63) is 42.1 Å². The van der Waals surface area contributed by atoms with Crippen LogP contribution in [0.2, 0.25) is 0 Å². The van der Waals surface area contributed by atoms with Crippen LogP contribution >= 0.6 is 15.9 Å². The number of nitrogens with two attached hydrogens (primary N) is 1. The number of nitro groups is 1. The molecule has 0 spiro atoms. The molecule has 12 nitrogen and oxygen atoms in total. The quantitative estimate of drug-likeness (QED) is 0.331. The number of nitrogen functional groups attached to an aromatic ring is 1. The first-order chi connectivity index (χ1) is 12.5. The third kappa shape index (κ3) is 3.15. The van der Waals surface area contributed by atoms with Crippen LogP contribution in [0.1, 0.15) is 20.7 Å². The number of hydrogen-bond donors (Lipinski definition) is 5. The number of hydrogen-bond acceptors (Lipinski definition) is 8. The van der Waals surface area contributed by atoms with Crippen molar-refractivity contribution in [2.24, 2.45) is 0 Å². The summed E-state index contributed by atoms with van der Waals surface area (Å²) in [6.07, 6.45) is 0. The zero-order valence-corrected chi connectivity index (χ0v) is 14.9. The number of carboxylic acids is 2. The average Bonchev–Trinajstić information content (AvgIpc) is 2.53. The molecular formula is C14H10BrN3O9. The Hall–Kier alpha value is -3.61. The number of halogens is 1. The van der Waals surface area contributed by atoms with Crippen LogP contribution in [-0.4, -0.2) is 44.3 Å². The lowest BCUT2D eigenvalue weighted by molar-refractivity contribution is -0.385. The summed E-state index contributed by atoms with van der Waals surface area (Å²) < 4.78 is 4.36. The molecule has 0 aliphatic rings. The molecule has 0 bridgehead atoms. The van der Waals surface area contributed by atoms with Gasteiger partial charge in [-0.3, -0.25) is 14.9 Å². The maximum absolute atomic E-state index is 12.1. The maximum atomic E-state index is 12.1. The van der Waals surface area contributed by atoms with Gasteiger partial charge in [0, 0.05) is 5.56 Å². The highest BCUT2D eigenvalue weighted by molar-refractivity contribution is 9.10. The van der Waals surface area contributed by atoms with Crippen molar-refractivity contribution in [3.63, 3.8) is 0 Å². The van der Waals surface area contributed by atoms with Gasteiger partial charge < -0.3 is 30.8 Å². The minimum atomic E-state index is -1.84. The summed E-state index contributed by atoms with van der Waals surface area (Å²) in [5, 5.41) is 40.5. The highest BCUT2D eigenvalue weighted by atomic mass is 79.9. The Bertz CT molecular complexity index is 1060. The highest BCUT2D eigenvalue weighted by Crippen LogP contribution is 2.49. The van der Waals surface area contributed by atoms with Gasteiger partial charge in [-0.15, -0.1) is 0 Å². The molecule has 0 saturated heterocycles. The summed E-state index contributed by atoms with van der Waals surface area (Å²) >= 11 is 2.85. The zero-order chi connectivity index (χ0) is 20.6. The van der Waals surface area contributed by atoms with E-state index in [1.165, 1.54) is 0 Å². The van der Waals surface area contributed by atoms with Crippen molar-refractivity contribution in [3.8, 4) is 22.6 Å². The van der Waals surface area contributed by atoms with Crippen LogP contribution in [0.15, 0.2) is 15.3 Å². The molecule has 0 unspecified atom stereocenters. The molecule has 0 amide bonds. The van der Waals surface area contributed by atoms with E-state index in [0.717, 1.165) is 13.2 Å². The molecule has 1 aromatic heterocycles. The fraction of sp³-hybridized carbons (Fsp3) is 0.0714. The summed E-state index contributed by atoms with van der Waals surface area (Å²) in [5.41, 5.74) is 0.150. The van der Waals surface area contributed by atoms with Gasteiger partial charge in [0.25, 0.3) is 11.2 Å². The number of aromatic nitrogens is 1. The average molecular weight is 444 g/mol. The smallest absolute Gasteiger partial charge is 0.342 e. The van der Waals surface area contributed by atoms with E-state index in [1.54, 1.807) is 0 Å². The number of benzene rings is 1. The van der Waals surface area contributed by atoms with Crippen LogP contribution < -0.4 is 16.0 Å². The van der Waals surface area contributed by atoms with Gasteiger partial charge in [-0.25, -0.2) is 9.59 Å². The van der Waals surface area contributed by atoms with Crippen molar-refractivity contribution in [2.45, 2.75) is 0 Å². The highest BCUT2D eigenvalue weighted by Gasteiger charge is 2.33.